The van der Waals surface area contributed by atoms with Gasteiger partial charge in [-0.1, -0.05) is 72.1 Å². The van der Waals surface area contributed by atoms with E-state index in [-0.39, 0.29) is 16.2 Å². The van der Waals surface area contributed by atoms with Crippen LogP contribution in [0.15, 0.2) is 52.9 Å². The number of nitrogens with one attached hydrogen (secondary N) is 1. The predicted molar refractivity (Wildman–Crippen MR) is 143 cm³/mol. The van der Waals surface area contributed by atoms with Crippen LogP contribution in [-0.2, 0) is 16.2 Å². The Morgan fingerprint density at radius 2 is 1.52 bits per heavy atom. The maximum absolute atomic E-state index is 6.71. The molecule has 0 saturated heterocycles. The molecular weight excluding hydrogens is 401 g/mol. The lowest BCUT2D eigenvalue weighted by Gasteiger charge is -2.42. The molecule has 0 spiro atoms. The van der Waals surface area contributed by atoms with Gasteiger partial charge in [0.1, 0.15) is 19.0 Å². The zero-order chi connectivity index (χ0) is 23.8. The van der Waals surface area contributed by atoms with E-state index in [0.29, 0.717) is 0 Å². The summed E-state index contributed by atoms with van der Waals surface area (Å²) in [7, 11) is 6.71. The first-order valence-corrected chi connectivity index (χ1v) is 12.0. The molecule has 0 unspecified atom stereocenters. The topological polar surface area (TPSA) is 25.2 Å². The van der Waals surface area contributed by atoms with E-state index in [4.69, 9.17) is 12.3 Å². The fourth-order valence-electron chi connectivity index (χ4n) is 5.29. The Kier molecular flexibility index (Phi) is 4.80. The molecule has 2 radical (unpaired) electrons. The molecule has 0 atom stereocenters. The zero-order valence-corrected chi connectivity index (χ0v) is 21.0. The summed E-state index contributed by atoms with van der Waals surface area (Å²) in [6.45, 7) is 16.1. The molecule has 0 bridgehead atoms. The molecule has 1 heterocycles. The summed E-state index contributed by atoms with van der Waals surface area (Å²) in [6.07, 6.45) is 2.41. The van der Waals surface area contributed by atoms with Crippen LogP contribution >= 0.6 is 0 Å². The molecule has 1 N–H and O–H groups in total. The van der Waals surface area contributed by atoms with E-state index in [0.717, 1.165) is 38.8 Å². The third kappa shape index (κ3) is 3.66. The number of hydrogen-bond acceptors (Lipinski definition) is 2. The van der Waals surface area contributed by atoms with Gasteiger partial charge in [-0.2, -0.15) is 0 Å². The van der Waals surface area contributed by atoms with Gasteiger partial charge >= 0.3 is 0 Å². The Morgan fingerprint density at radius 3 is 2.21 bits per heavy atom. The van der Waals surface area contributed by atoms with Crippen LogP contribution in [0.4, 0.5) is 11.4 Å². The van der Waals surface area contributed by atoms with Gasteiger partial charge in [0, 0.05) is 22.1 Å². The molecule has 1 aliphatic rings. The smallest absolute Gasteiger partial charge is 0.135 e. The second-order valence-corrected chi connectivity index (χ2v) is 12.1. The van der Waals surface area contributed by atoms with E-state index in [1.54, 1.807) is 0 Å². The van der Waals surface area contributed by atoms with E-state index in [9.17, 15) is 0 Å². The minimum Gasteiger partial charge on any atom is -0.456 e. The molecule has 0 amide bonds. The van der Waals surface area contributed by atoms with Crippen molar-refractivity contribution in [3.8, 4) is 0 Å². The minimum atomic E-state index is 0.0697. The largest absolute Gasteiger partial charge is 0.456 e. The molecular formula is C30H34BNO. The van der Waals surface area contributed by atoms with Gasteiger partial charge in [-0.15, -0.1) is 0 Å². The standard InChI is InChI=1S/C30H34BNO/c1-28(2,3)18-8-10-20-25(16-18)33-24-13-12-23(27(31)26(20)24)32-19-9-11-21-22(17-19)30(6,7)15-14-29(21,4)5/h8-13,16-17,32H,14-15H2,1-7H3. The zero-order valence-electron chi connectivity index (χ0n) is 21.0. The van der Waals surface area contributed by atoms with E-state index in [2.05, 4.69) is 90.2 Å². The Bertz CT molecular complexity index is 1380. The number of furan rings is 1. The lowest BCUT2D eigenvalue weighted by atomic mass is 9.63. The average molecular weight is 435 g/mol. The maximum Gasteiger partial charge on any atom is 0.135 e. The molecule has 4 aromatic rings. The summed E-state index contributed by atoms with van der Waals surface area (Å²) >= 11 is 0. The van der Waals surface area contributed by atoms with E-state index in [1.807, 2.05) is 12.1 Å². The summed E-state index contributed by atoms with van der Waals surface area (Å²) < 4.78 is 6.19. The van der Waals surface area contributed by atoms with Crippen LogP contribution in [0.3, 0.4) is 0 Å². The third-order valence-corrected chi connectivity index (χ3v) is 7.68. The number of benzene rings is 3. The van der Waals surface area contributed by atoms with E-state index >= 15 is 0 Å². The van der Waals surface area contributed by atoms with Crippen LogP contribution in [0.1, 0.15) is 78.0 Å². The quantitative estimate of drug-likeness (QED) is 0.325. The fraction of sp³-hybridized carbons (Fsp3) is 0.400. The summed E-state index contributed by atoms with van der Waals surface area (Å²) in [5.74, 6) is 0. The molecule has 3 aromatic carbocycles. The lowest BCUT2D eigenvalue weighted by molar-refractivity contribution is 0.332. The van der Waals surface area contributed by atoms with Crippen LogP contribution in [0.5, 0.6) is 0 Å². The van der Waals surface area contributed by atoms with Crippen LogP contribution < -0.4 is 10.8 Å². The van der Waals surface area contributed by atoms with Gasteiger partial charge in [-0.25, -0.2) is 0 Å². The highest BCUT2D eigenvalue weighted by molar-refractivity contribution is 6.44. The first-order chi connectivity index (χ1) is 15.4. The van der Waals surface area contributed by atoms with Crippen molar-refractivity contribution in [2.45, 2.75) is 77.6 Å². The SMILES string of the molecule is [B]c1c(Nc2ccc3c(c2)C(C)(C)CCC3(C)C)ccc2oc3cc(C(C)(C)C)ccc3c12. The van der Waals surface area contributed by atoms with E-state index in [1.165, 1.54) is 29.5 Å². The molecule has 33 heavy (non-hydrogen) atoms. The van der Waals surface area contributed by atoms with Gasteiger partial charge in [0.05, 0.1) is 0 Å². The lowest BCUT2D eigenvalue weighted by Crippen LogP contribution is -2.33. The predicted octanol–water partition coefficient (Wildman–Crippen LogP) is 7.77. The molecule has 1 aliphatic carbocycles. The Hall–Kier alpha value is -2.68. The van der Waals surface area contributed by atoms with Gasteiger partial charge in [0.2, 0.25) is 0 Å². The highest BCUT2D eigenvalue weighted by Crippen LogP contribution is 2.46. The summed E-state index contributed by atoms with van der Waals surface area (Å²) in [5.41, 5.74) is 9.04. The Morgan fingerprint density at radius 1 is 0.818 bits per heavy atom. The third-order valence-electron chi connectivity index (χ3n) is 7.68. The van der Waals surface area contributed by atoms with Crippen LogP contribution in [0.25, 0.3) is 21.9 Å². The first-order valence-electron chi connectivity index (χ1n) is 12.0. The van der Waals surface area contributed by atoms with Crippen molar-refractivity contribution < 1.29 is 4.42 Å². The number of hydrogen-bond donors (Lipinski definition) is 1. The van der Waals surface area contributed by atoms with Crippen LogP contribution in [0, 0.1) is 0 Å². The number of fused-ring (bicyclic) bond motifs is 4. The highest BCUT2D eigenvalue weighted by Gasteiger charge is 2.37. The summed E-state index contributed by atoms with van der Waals surface area (Å²) in [6, 6.07) is 17.3. The van der Waals surface area contributed by atoms with Gasteiger partial charge in [-0.05, 0) is 76.1 Å². The molecule has 0 fully saturated rings. The highest BCUT2D eigenvalue weighted by atomic mass is 16.3. The van der Waals surface area contributed by atoms with Gasteiger partial charge in [0.25, 0.3) is 0 Å². The van der Waals surface area contributed by atoms with Crippen molar-refractivity contribution in [2.24, 2.45) is 0 Å². The molecule has 168 valence electrons. The average Bonchev–Trinajstić information content (AvgIpc) is 3.11. The summed E-state index contributed by atoms with van der Waals surface area (Å²) in [5, 5.41) is 5.65. The van der Waals surface area contributed by atoms with Gasteiger partial charge in [-0.3, -0.25) is 0 Å². The first kappa shape index (κ1) is 22.1. The molecule has 3 heteroatoms. The second-order valence-electron chi connectivity index (χ2n) is 12.1. The minimum absolute atomic E-state index is 0.0697. The molecule has 5 rings (SSSR count). The van der Waals surface area contributed by atoms with Crippen molar-refractivity contribution in [3.63, 3.8) is 0 Å². The number of rotatable bonds is 2. The number of anilines is 2. The fourth-order valence-corrected chi connectivity index (χ4v) is 5.29. The Balaban J connectivity index is 1.57. The summed E-state index contributed by atoms with van der Waals surface area (Å²) in [4.78, 5) is 0. The van der Waals surface area contributed by atoms with Crippen molar-refractivity contribution in [1.82, 2.24) is 0 Å². The van der Waals surface area contributed by atoms with Crippen molar-refractivity contribution in [1.29, 1.82) is 0 Å². The molecule has 0 aliphatic heterocycles. The van der Waals surface area contributed by atoms with Crippen LogP contribution in [0.2, 0.25) is 0 Å². The van der Waals surface area contributed by atoms with Crippen molar-refractivity contribution >= 4 is 46.6 Å². The van der Waals surface area contributed by atoms with E-state index < -0.39 is 0 Å². The van der Waals surface area contributed by atoms with Gasteiger partial charge in [0.15, 0.2) is 0 Å². The molecule has 2 nitrogen and oxygen atoms in total. The molecule has 1 aromatic heterocycles. The Labute approximate surface area is 199 Å². The van der Waals surface area contributed by atoms with Crippen molar-refractivity contribution in [3.05, 3.63) is 65.2 Å². The second kappa shape index (κ2) is 7.16. The normalized spacial score (nSPS) is 17.3. The monoisotopic (exact) mass is 435 g/mol. The van der Waals surface area contributed by atoms with Crippen molar-refractivity contribution in [2.75, 3.05) is 5.32 Å². The van der Waals surface area contributed by atoms with Crippen LogP contribution in [-0.4, -0.2) is 7.85 Å². The molecule has 0 saturated carbocycles. The maximum atomic E-state index is 6.71. The van der Waals surface area contributed by atoms with Gasteiger partial charge < -0.3 is 9.73 Å².